The highest BCUT2D eigenvalue weighted by atomic mass is 19.3. The van der Waals surface area contributed by atoms with Gasteiger partial charge in [0.2, 0.25) is 11.8 Å². The van der Waals surface area contributed by atoms with E-state index in [0.29, 0.717) is 24.6 Å². The lowest BCUT2D eigenvalue weighted by Gasteiger charge is -2.34. The van der Waals surface area contributed by atoms with E-state index >= 15 is 0 Å². The summed E-state index contributed by atoms with van der Waals surface area (Å²) in [4.78, 5) is 31.9. The summed E-state index contributed by atoms with van der Waals surface area (Å²) in [6, 6.07) is 21.7. The molecule has 0 radical (unpaired) electrons. The molecule has 0 saturated carbocycles. The van der Waals surface area contributed by atoms with Crippen LogP contribution in [-0.2, 0) is 21.5 Å². The molecule has 2 saturated heterocycles. The topological polar surface area (TPSA) is 100 Å². The van der Waals surface area contributed by atoms with Gasteiger partial charge in [-0.05, 0) is 101 Å². The minimum absolute atomic E-state index is 0.125. The first-order chi connectivity index (χ1) is 25.4. The van der Waals surface area contributed by atoms with Crippen LogP contribution in [0.25, 0.3) is 22.0 Å². The highest BCUT2D eigenvalue weighted by Crippen LogP contribution is 2.37. The number of piperidine rings is 2. The first-order valence-corrected chi connectivity index (χ1v) is 18.2. The third-order valence-electron chi connectivity index (χ3n) is 11.1. The number of rotatable bonds is 9. The van der Waals surface area contributed by atoms with Gasteiger partial charge in [0.25, 0.3) is 6.43 Å². The standard InChI is InChI=1S/C42H43F3N6O2/c1-24-21-29(42(4)18-15-37(52)48-41(42)53)12-14-31(24)27-16-19-51(20-17-27)23-30-7-5-10-36(47-30)28-11-13-32-26(3)49-50-40(35(32)22-28)46-25(2)33-8-6-9-34(38(33)43)39(44)45/h5-14,21-22,25,27,39H,15-20,23H2,1-4H3,(H,46,50)(H,48,52,53)/t25-,42-/m1/s1. The Morgan fingerprint density at radius 3 is 2.43 bits per heavy atom. The molecule has 3 aromatic carbocycles. The molecule has 2 aromatic heterocycles. The fourth-order valence-corrected chi connectivity index (χ4v) is 7.82. The van der Waals surface area contributed by atoms with Gasteiger partial charge in [0, 0.05) is 34.9 Å². The van der Waals surface area contributed by atoms with Crippen LogP contribution in [0.2, 0.25) is 0 Å². The van der Waals surface area contributed by atoms with Gasteiger partial charge in [0.05, 0.1) is 34.1 Å². The summed E-state index contributed by atoms with van der Waals surface area (Å²) in [5.41, 5.74) is 5.64. The van der Waals surface area contributed by atoms with Gasteiger partial charge < -0.3 is 5.32 Å². The van der Waals surface area contributed by atoms with Gasteiger partial charge in [0.15, 0.2) is 5.82 Å². The Balaban J connectivity index is 1.04. The first kappa shape index (κ1) is 36.2. The molecule has 0 unspecified atom stereocenters. The number of benzene rings is 3. The zero-order valence-electron chi connectivity index (χ0n) is 30.3. The summed E-state index contributed by atoms with van der Waals surface area (Å²) in [6.45, 7) is 10.2. The van der Waals surface area contributed by atoms with Crippen molar-refractivity contribution >= 4 is 28.4 Å². The van der Waals surface area contributed by atoms with E-state index in [2.05, 4.69) is 50.9 Å². The Morgan fingerprint density at radius 1 is 0.943 bits per heavy atom. The average molecular weight is 721 g/mol. The van der Waals surface area contributed by atoms with E-state index in [-0.39, 0.29) is 17.4 Å². The number of hydrogen-bond donors (Lipinski definition) is 2. The molecule has 7 rings (SSSR count). The van der Waals surface area contributed by atoms with Crippen molar-refractivity contribution in [2.45, 2.75) is 83.7 Å². The number of fused-ring (bicyclic) bond motifs is 1. The van der Waals surface area contributed by atoms with Crippen molar-refractivity contribution in [1.29, 1.82) is 0 Å². The second-order valence-corrected chi connectivity index (χ2v) is 14.7. The van der Waals surface area contributed by atoms with E-state index in [0.717, 1.165) is 77.5 Å². The highest BCUT2D eigenvalue weighted by Gasteiger charge is 2.40. The van der Waals surface area contributed by atoms with Crippen LogP contribution in [0.1, 0.15) is 97.1 Å². The number of carbonyl (C=O) groups is 2. The molecule has 2 atom stereocenters. The number of aromatic nitrogens is 3. The van der Waals surface area contributed by atoms with Crippen molar-refractivity contribution in [3.8, 4) is 11.3 Å². The second kappa shape index (κ2) is 14.7. The summed E-state index contributed by atoms with van der Waals surface area (Å²) in [6.07, 6.45) is -0.0149. The average Bonchev–Trinajstić information content (AvgIpc) is 3.15. The van der Waals surface area contributed by atoms with Crippen LogP contribution < -0.4 is 10.6 Å². The van der Waals surface area contributed by atoms with Gasteiger partial charge in [-0.3, -0.25) is 24.8 Å². The fourth-order valence-electron chi connectivity index (χ4n) is 7.82. The van der Waals surface area contributed by atoms with Crippen LogP contribution in [0.4, 0.5) is 19.0 Å². The monoisotopic (exact) mass is 720 g/mol. The number of imide groups is 1. The maximum atomic E-state index is 15.0. The zero-order chi connectivity index (χ0) is 37.4. The van der Waals surface area contributed by atoms with Crippen LogP contribution in [0.15, 0.2) is 72.8 Å². The van der Waals surface area contributed by atoms with Crippen molar-refractivity contribution in [3.63, 3.8) is 0 Å². The molecule has 0 bridgehead atoms. The van der Waals surface area contributed by atoms with E-state index in [1.165, 1.54) is 23.3 Å². The molecule has 274 valence electrons. The number of nitrogens with zero attached hydrogens (tertiary/aromatic N) is 4. The Morgan fingerprint density at radius 2 is 1.70 bits per heavy atom. The zero-order valence-corrected chi connectivity index (χ0v) is 30.3. The fraction of sp³-hybridized carbons (Fsp3) is 0.357. The predicted molar refractivity (Wildman–Crippen MR) is 199 cm³/mol. The molecule has 5 aromatic rings. The van der Waals surface area contributed by atoms with E-state index in [4.69, 9.17) is 4.98 Å². The van der Waals surface area contributed by atoms with Gasteiger partial charge in [-0.15, -0.1) is 5.10 Å². The summed E-state index contributed by atoms with van der Waals surface area (Å²) < 4.78 is 41.8. The number of carbonyl (C=O) groups excluding carboxylic acids is 2. The Labute approximate surface area is 307 Å². The minimum Gasteiger partial charge on any atom is -0.361 e. The lowest BCUT2D eigenvalue weighted by Crippen LogP contribution is -2.49. The first-order valence-electron chi connectivity index (χ1n) is 18.2. The molecule has 2 fully saturated rings. The smallest absolute Gasteiger partial charge is 0.266 e. The van der Waals surface area contributed by atoms with Crippen LogP contribution in [-0.4, -0.2) is 45.0 Å². The molecular weight excluding hydrogens is 677 g/mol. The third kappa shape index (κ3) is 7.27. The molecule has 2 amide bonds. The quantitative estimate of drug-likeness (QED) is 0.147. The van der Waals surface area contributed by atoms with Crippen LogP contribution >= 0.6 is 0 Å². The van der Waals surface area contributed by atoms with Gasteiger partial charge in [-0.25, -0.2) is 13.2 Å². The van der Waals surface area contributed by atoms with E-state index in [1.54, 1.807) is 6.92 Å². The lowest BCUT2D eigenvalue weighted by atomic mass is 9.74. The summed E-state index contributed by atoms with van der Waals surface area (Å²) in [5.74, 6) is -0.506. The number of hydrogen-bond acceptors (Lipinski definition) is 7. The van der Waals surface area contributed by atoms with Crippen molar-refractivity contribution in [1.82, 2.24) is 25.4 Å². The Hall–Kier alpha value is -5.16. The van der Waals surface area contributed by atoms with Crippen molar-refractivity contribution < 1.29 is 22.8 Å². The summed E-state index contributed by atoms with van der Waals surface area (Å²) in [5, 5.41) is 16.0. The number of pyridine rings is 1. The molecule has 53 heavy (non-hydrogen) atoms. The maximum absolute atomic E-state index is 15.0. The van der Waals surface area contributed by atoms with Crippen molar-refractivity contribution in [3.05, 3.63) is 118 Å². The number of anilines is 1. The van der Waals surface area contributed by atoms with E-state index in [9.17, 15) is 22.8 Å². The van der Waals surface area contributed by atoms with E-state index < -0.39 is 29.3 Å². The molecule has 8 nitrogen and oxygen atoms in total. The SMILES string of the molecule is Cc1cc([C@@]2(C)CCC(=O)NC2=O)ccc1C1CCN(Cc2cccc(-c3ccc4c(C)nnc(N[C@H](C)c5cccc(C(F)F)c5F)c4c3)n2)CC1. The Bertz CT molecular complexity index is 2200. The number of amides is 2. The number of aryl methyl sites for hydroxylation is 2. The molecule has 0 spiro atoms. The normalized spacial score (nSPS) is 19.1. The van der Waals surface area contributed by atoms with Gasteiger partial charge in [-0.2, -0.15) is 5.10 Å². The Kier molecular flexibility index (Phi) is 10.0. The van der Waals surface area contributed by atoms with Gasteiger partial charge >= 0.3 is 0 Å². The van der Waals surface area contributed by atoms with Crippen molar-refractivity contribution in [2.24, 2.45) is 0 Å². The lowest BCUT2D eigenvalue weighted by molar-refractivity contribution is -0.137. The molecule has 11 heteroatoms. The molecule has 2 aliphatic heterocycles. The number of likely N-dealkylation sites (tertiary alicyclic amines) is 1. The van der Waals surface area contributed by atoms with E-state index in [1.807, 2.05) is 50.2 Å². The van der Waals surface area contributed by atoms with Crippen LogP contribution in [0.3, 0.4) is 0 Å². The third-order valence-corrected chi connectivity index (χ3v) is 11.1. The largest absolute Gasteiger partial charge is 0.361 e. The molecule has 2 N–H and O–H groups in total. The molecule has 4 heterocycles. The molecular formula is C42H43F3N6O2. The number of nitrogens with one attached hydrogen (secondary N) is 2. The van der Waals surface area contributed by atoms with Crippen molar-refractivity contribution in [2.75, 3.05) is 18.4 Å². The summed E-state index contributed by atoms with van der Waals surface area (Å²) in [7, 11) is 0. The van der Waals surface area contributed by atoms with Gasteiger partial charge in [-0.1, -0.05) is 54.6 Å². The second-order valence-electron chi connectivity index (χ2n) is 14.7. The summed E-state index contributed by atoms with van der Waals surface area (Å²) >= 11 is 0. The number of halogens is 3. The maximum Gasteiger partial charge on any atom is 0.266 e. The molecule has 2 aliphatic rings. The number of alkyl halides is 2. The molecule has 0 aliphatic carbocycles. The van der Waals surface area contributed by atoms with Crippen LogP contribution in [0.5, 0.6) is 0 Å². The minimum atomic E-state index is -2.91. The predicted octanol–water partition coefficient (Wildman–Crippen LogP) is 8.63. The van der Waals surface area contributed by atoms with Crippen LogP contribution in [0, 0.1) is 19.7 Å². The highest BCUT2D eigenvalue weighted by molar-refractivity contribution is 6.03. The van der Waals surface area contributed by atoms with Gasteiger partial charge in [0.1, 0.15) is 5.82 Å².